The molecule has 0 bridgehead atoms. The van der Waals surface area contributed by atoms with Gasteiger partial charge in [0.15, 0.2) is 0 Å². The summed E-state index contributed by atoms with van der Waals surface area (Å²) >= 11 is 0. The Kier molecular flexibility index (Phi) is 4.28. The van der Waals surface area contributed by atoms with E-state index in [2.05, 4.69) is 51.2 Å². The van der Waals surface area contributed by atoms with E-state index in [0.717, 1.165) is 19.4 Å². The van der Waals surface area contributed by atoms with E-state index in [1.54, 1.807) is 0 Å². The Bertz CT molecular complexity index is 380. The summed E-state index contributed by atoms with van der Waals surface area (Å²) in [5, 5.41) is 3.67. The van der Waals surface area contributed by atoms with Gasteiger partial charge in [0.2, 0.25) is 0 Å². The molecule has 2 nitrogen and oxygen atoms in total. The molecule has 18 heavy (non-hydrogen) atoms. The van der Waals surface area contributed by atoms with Gasteiger partial charge in [-0.3, -0.25) is 0 Å². The Morgan fingerprint density at radius 1 is 1.17 bits per heavy atom. The highest BCUT2D eigenvalue weighted by molar-refractivity contribution is 5.49. The van der Waals surface area contributed by atoms with Crippen molar-refractivity contribution in [2.24, 2.45) is 5.92 Å². The first-order valence-corrected chi connectivity index (χ1v) is 7.01. The van der Waals surface area contributed by atoms with Gasteiger partial charge in [-0.1, -0.05) is 19.9 Å². The summed E-state index contributed by atoms with van der Waals surface area (Å²) in [5.41, 5.74) is 3.90. The number of hydrogen-bond acceptors (Lipinski definition) is 2. The molecule has 0 saturated carbocycles. The second-order valence-corrected chi connectivity index (χ2v) is 5.90. The van der Waals surface area contributed by atoms with Crippen molar-refractivity contribution in [3.8, 4) is 0 Å². The van der Waals surface area contributed by atoms with Gasteiger partial charge in [-0.15, -0.1) is 0 Å². The third-order valence-corrected chi connectivity index (χ3v) is 3.65. The molecule has 0 spiro atoms. The number of benzene rings is 1. The van der Waals surface area contributed by atoms with Gasteiger partial charge < -0.3 is 10.1 Å². The molecule has 2 unspecified atom stereocenters. The summed E-state index contributed by atoms with van der Waals surface area (Å²) in [7, 11) is 0. The average molecular weight is 247 g/mol. The third kappa shape index (κ3) is 3.49. The van der Waals surface area contributed by atoms with E-state index in [9.17, 15) is 0 Å². The Hall–Kier alpha value is -1.02. The van der Waals surface area contributed by atoms with Crippen LogP contribution in [0.2, 0.25) is 0 Å². The summed E-state index contributed by atoms with van der Waals surface area (Å²) < 4.78 is 5.81. The lowest BCUT2D eigenvalue weighted by atomic mass is 9.95. The second-order valence-electron chi connectivity index (χ2n) is 5.90. The quantitative estimate of drug-likeness (QED) is 0.874. The normalized spacial score (nSPS) is 24.3. The molecule has 1 aliphatic rings. The fourth-order valence-corrected chi connectivity index (χ4v) is 2.72. The van der Waals surface area contributed by atoms with Gasteiger partial charge in [0, 0.05) is 18.3 Å². The topological polar surface area (TPSA) is 21.3 Å². The Morgan fingerprint density at radius 2 is 1.83 bits per heavy atom. The molecule has 1 aromatic carbocycles. The van der Waals surface area contributed by atoms with Crippen molar-refractivity contribution in [3.63, 3.8) is 0 Å². The van der Waals surface area contributed by atoms with Gasteiger partial charge >= 0.3 is 0 Å². The van der Waals surface area contributed by atoms with E-state index in [-0.39, 0.29) is 0 Å². The minimum absolute atomic E-state index is 0.405. The number of rotatable bonds is 3. The minimum atomic E-state index is 0.405. The van der Waals surface area contributed by atoms with E-state index < -0.39 is 0 Å². The number of aryl methyl sites for hydroxylation is 2. The fourth-order valence-electron chi connectivity index (χ4n) is 2.72. The van der Waals surface area contributed by atoms with E-state index >= 15 is 0 Å². The highest BCUT2D eigenvalue weighted by Crippen LogP contribution is 2.24. The molecule has 1 fully saturated rings. The zero-order chi connectivity index (χ0) is 13.1. The summed E-state index contributed by atoms with van der Waals surface area (Å²) in [5.74, 6) is 0.605. The summed E-state index contributed by atoms with van der Waals surface area (Å²) in [6, 6.07) is 7.22. The van der Waals surface area contributed by atoms with Crippen LogP contribution >= 0.6 is 0 Å². The number of nitrogens with one attached hydrogen (secondary N) is 1. The van der Waals surface area contributed by atoms with Crippen LogP contribution in [0.25, 0.3) is 0 Å². The monoisotopic (exact) mass is 247 g/mol. The van der Waals surface area contributed by atoms with E-state index in [0.29, 0.717) is 18.1 Å². The molecule has 100 valence electrons. The summed E-state index contributed by atoms with van der Waals surface area (Å²) in [6.45, 7) is 9.66. The standard InChI is InChI=1S/C16H25NO/c1-11(2)16-10-14(5-6-18-16)17-15-8-12(3)7-13(4)9-15/h7-9,11,14,16-17H,5-6,10H2,1-4H3. The Morgan fingerprint density at radius 3 is 2.44 bits per heavy atom. The van der Waals surface area contributed by atoms with Crippen molar-refractivity contribution in [1.29, 1.82) is 0 Å². The van der Waals surface area contributed by atoms with E-state index in [1.807, 2.05) is 0 Å². The lowest BCUT2D eigenvalue weighted by molar-refractivity contribution is -0.0160. The molecule has 0 amide bonds. The first-order chi connectivity index (χ1) is 8.54. The van der Waals surface area contributed by atoms with Gasteiger partial charge in [-0.25, -0.2) is 0 Å². The van der Waals surface area contributed by atoms with E-state index in [1.165, 1.54) is 16.8 Å². The lowest BCUT2D eigenvalue weighted by Crippen LogP contribution is -2.36. The second kappa shape index (κ2) is 5.75. The molecule has 2 heteroatoms. The van der Waals surface area contributed by atoms with Crippen LogP contribution in [-0.4, -0.2) is 18.8 Å². The molecule has 1 saturated heterocycles. The van der Waals surface area contributed by atoms with Crippen LogP contribution in [-0.2, 0) is 4.74 Å². The van der Waals surface area contributed by atoms with Crippen molar-refractivity contribution in [2.45, 2.75) is 52.7 Å². The first-order valence-electron chi connectivity index (χ1n) is 7.01. The average Bonchev–Trinajstić information content (AvgIpc) is 2.27. The maximum atomic E-state index is 5.81. The zero-order valence-electron chi connectivity index (χ0n) is 12.0. The van der Waals surface area contributed by atoms with Crippen molar-refractivity contribution in [1.82, 2.24) is 0 Å². The molecular weight excluding hydrogens is 222 g/mol. The van der Waals surface area contributed by atoms with Gasteiger partial charge in [0.1, 0.15) is 0 Å². The molecule has 1 aromatic rings. The van der Waals surface area contributed by atoms with Gasteiger partial charge in [-0.05, 0) is 55.9 Å². The van der Waals surface area contributed by atoms with Crippen molar-refractivity contribution in [3.05, 3.63) is 29.3 Å². The molecule has 1 N–H and O–H groups in total. The fraction of sp³-hybridized carbons (Fsp3) is 0.625. The third-order valence-electron chi connectivity index (χ3n) is 3.65. The van der Waals surface area contributed by atoms with Crippen LogP contribution in [0.4, 0.5) is 5.69 Å². The van der Waals surface area contributed by atoms with Crippen molar-refractivity contribution in [2.75, 3.05) is 11.9 Å². The Labute approximate surface area is 111 Å². The number of hydrogen-bond donors (Lipinski definition) is 1. The maximum Gasteiger partial charge on any atom is 0.0617 e. The molecule has 1 heterocycles. The molecule has 2 atom stereocenters. The maximum absolute atomic E-state index is 5.81. The van der Waals surface area contributed by atoms with Crippen LogP contribution < -0.4 is 5.32 Å². The van der Waals surface area contributed by atoms with E-state index in [4.69, 9.17) is 4.74 Å². The molecular formula is C16H25NO. The smallest absolute Gasteiger partial charge is 0.0617 e. The zero-order valence-corrected chi connectivity index (χ0v) is 12.0. The van der Waals surface area contributed by atoms with Crippen LogP contribution in [0.3, 0.4) is 0 Å². The predicted octanol–water partition coefficient (Wildman–Crippen LogP) is 3.92. The molecule has 1 aliphatic heterocycles. The van der Waals surface area contributed by atoms with Crippen LogP contribution in [0.1, 0.15) is 37.8 Å². The number of ether oxygens (including phenoxy) is 1. The number of anilines is 1. The molecule has 0 aliphatic carbocycles. The lowest BCUT2D eigenvalue weighted by Gasteiger charge is -2.33. The highest BCUT2D eigenvalue weighted by atomic mass is 16.5. The van der Waals surface area contributed by atoms with Gasteiger partial charge in [0.05, 0.1) is 6.10 Å². The van der Waals surface area contributed by atoms with Crippen molar-refractivity contribution >= 4 is 5.69 Å². The van der Waals surface area contributed by atoms with Gasteiger partial charge in [-0.2, -0.15) is 0 Å². The summed E-state index contributed by atoms with van der Waals surface area (Å²) in [4.78, 5) is 0. The van der Waals surface area contributed by atoms with Gasteiger partial charge in [0.25, 0.3) is 0 Å². The highest BCUT2D eigenvalue weighted by Gasteiger charge is 2.24. The summed E-state index contributed by atoms with van der Waals surface area (Å²) in [6.07, 6.45) is 2.63. The first kappa shape index (κ1) is 13.4. The predicted molar refractivity (Wildman–Crippen MR) is 77.1 cm³/mol. The van der Waals surface area contributed by atoms with Crippen molar-refractivity contribution < 1.29 is 4.74 Å². The van der Waals surface area contributed by atoms with Crippen LogP contribution in [0, 0.1) is 19.8 Å². The Balaban J connectivity index is 2.00. The SMILES string of the molecule is Cc1cc(C)cc(NC2CCOC(C(C)C)C2)c1. The van der Waals surface area contributed by atoms with Crippen LogP contribution in [0.5, 0.6) is 0 Å². The molecule has 2 rings (SSSR count). The molecule has 0 aromatic heterocycles. The van der Waals surface area contributed by atoms with Crippen LogP contribution in [0.15, 0.2) is 18.2 Å². The molecule has 0 radical (unpaired) electrons. The largest absolute Gasteiger partial charge is 0.382 e. The minimum Gasteiger partial charge on any atom is -0.382 e.